The molecule has 0 radical (unpaired) electrons. The Balaban J connectivity index is 1.94. The standard InChI is InChI=1S/C17H18N4O/c1-10-7-13-15(14(22)8-10)16(12-6-4-3-5-11(12)2)21-17(20-13)18-9-19-21/h3-6,9-10,16H,7-8H2,1-2H3,(H,18,19,20)/t10-,16-/m1/s1. The van der Waals surface area contributed by atoms with Crippen molar-refractivity contribution >= 4 is 11.7 Å². The summed E-state index contributed by atoms with van der Waals surface area (Å²) in [5.41, 5.74) is 4.14. The highest BCUT2D eigenvalue weighted by atomic mass is 16.1. The largest absolute Gasteiger partial charge is 0.328 e. The number of carbonyl (C=O) groups excluding carboxylic acids is 1. The highest BCUT2D eigenvalue weighted by molar-refractivity contribution is 5.99. The average molecular weight is 294 g/mol. The first kappa shape index (κ1) is 13.2. The summed E-state index contributed by atoms with van der Waals surface area (Å²) in [6.07, 6.45) is 3.03. The van der Waals surface area contributed by atoms with Crippen molar-refractivity contribution in [3.63, 3.8) is 0 Å². The number of aromatic nitrogens is 3. The summed E-state index contributed by atoms with van der Waals surface area (Å²) in [4.78, 5) is 17.0. The smallest absolute Gasteiger partial charge is 0.226 e. The van der Waals surface area contributed by atoms with E-state index in [-0.39, 0.29) is 11.8 Å². The van der Waals surface area contributed by atoms with Gasteiger partial charge < -0.3 is 5.32 Å². The van der Waals surface area contributed by atoms with Gasteiger partial charge in [0.1, 0.15) is 12.4 Å². The van der Waals surface area contributed by atoms with Crippen LogP contribution >= 0.6 is 0 Å². The molecule has 0 saturated carbocycles. The number of hydrogen-bond acceptors (Lipinski definition) is 4. The van der Waals surface area contributed by atoms with E-state index in [0.717, 1.165) is 28.8 Å². The Hall–Kier alpha value is -2.43. The minimum atomic E-state index is -0.171. The third-order valence-corrected chi connectivity index (χ3v) is 4.55. The van der Waals surface area contributed by atoms with Gasteiger partial charge in [-0.1, -0.05) is 31.2 Å². The number of allylic oxidation sites excluding steroid dienone is 2. The lowest BCUT2D eigenvalue weighted by Crippen LogP contribution is -2.33. The van der Waals surface area contributed by atoms with E-state index in [1.54, 1.807) is 6.33 Å². The summed E-state index contributed by atoms with van der Waals surface area (Å²) in [7, 11) is 0. The van der Waals surface area contributed by atoms with Crippen LogP contribution in [0.4, 0.5) is 5.95 Å². The predicted molar refractivity (Wildman–Crippen MR) is 83.4 cm³/mol. The Labute approximate surface area is 129 Å². The summed E-state index contributed by atoms with van der Waals surface area (Å²) < 4.78 is 1.83. The van der Waals surface area contributed by atoms with Crippen molar-refractivity contribution in [3.8, 4) is 0 Å². The van der Waals surface area contributed by atoms with E-state index in [9.17, 15) is 4.79 Å². The molecule has 2 aliphatic rings. The summed E-state index contributed by atoms with van der Waals surface area (Å²) in [6, 6.07) is 8.01. The minimum Gasteiger partial charge on any atom is -0.328 e. The fourth-order valence-electron chi connectivity index (χ4n) is 3.53. The molecule has 0 unspecified atom stereocenters. The van der Waals surface area contributed by atoms with E-state index in [1.165, 1.54) is 0 Å². The van der Waals surface area contributed by atoms with E-state index < -0.39 is 0 Å². The van der Waals surface area contributed by atoms with Crippen LogP contribution in [0.5, 0.6) is 0 Å². The summed E-state index contributed by atoms with van der Waals surface area (Å²) in [6.45, 7) is 4.19. The molecular formula is C17H18N4O. The second-order valence-corrected chi connectivity index (χ2v) is 6.24. The van der Waals surface area contributed by atoms with Crippen molar-refractivity contribution in [1.82, 2.24) is 14.8 Å². The van der Waals surface area contributed by atoms with Gasteiger partial charge >= 0.3 is 0 Å². The van der Waals surface area contributed by atoms with Crippen LogP contribution in [0, 0.1) is 12.8 Å². The molecule has 0 bridgehead atoms. The van der Waals surface area contributed by atoms with Crippen LogP contribution in [0.3, 0.4) is 0 Å². The Morgan fingerprint density at radius 2 is 2.09 bits per heavy atom. The van der Waals surface area contributed by atoms with Crippen LogP contribution in [0.2, 0.25) is 0 Å². The summed E-state index contributed by atoms with van der Waals surface area (Å²) in [5.74, 6) is 1.30. The molecule has 1 aliphatic carbocycles. The summed E-state index contributed by atoms with van der Waals surface area (Å²) >= 11 is 0. The fraction of sp³-hybridized carbons (Fsp3) is 0.353. The predicted octanol–water partition coefficient (Wildman–Crippen LogP) is 2.85. The minimum absolute atomic E-state index is 0.171. The molecule has 5 heteroatoms. The van der Waals surface area contributed by atoms with E-state index in [4.69, 9.17) is 0 Å². The third kappa shape index (κ3) is 1.89. The van der Waals surface area contributed by atoms with Crippen LogP contribution < -0.4 is 5.32 Å². The Morgan fingerprint density at radius 1 is 1.27 bits per heavy atom. The van der Waals surface area contributed by atoms with Crippen LogP contribution in [0.1, 0.15) is 36.9 Å². The van der Waals surface area contributed by atoms with Gasteiger partial charge in [-0.05, 0) is 30.4 Å². The molecule has 0 amide bonds. The molecule has 112 valence electrons. The van der Waals surface area contributed by atoms with E-state index >= 15 is 0 Å². The van der Waals surface area contributed by atoms with E-state index in [0.29, 0.717) is 18.3 Å². The number of Topliss-reactive ketones (excluding diaryl/α,β-unsaturated/α-hetero) is 1. The van der Waals surface area contributed by atoms with Crippen LogP contribution in [0.25, 0.3) is 0 Å². The number of nitrogens with zero attached hydrogens (tertiary/aromatic N) is 3. The van der Waals surface area contributed by atoms with E-state index in [2.05, 4.69) is 41.4 Å². The topological polar surface area (TPSA) is 59.8 Å². The number of fused-ring (bicyclic) bond motifs is 1. The van der Waals surface area contributed by atoms with Crippen LogP contribution in [-0.2, 0) is 4.79 Å². The van der Waals surface area contributed by atoms with Gasteiger partial charge in [-0.25, -0.2) is 4.68 Å². The number of benzene rings is 1. The number of rotatable bonds is 1. The number of carbonyl (C=O) groups is 1. The molecule has 5 nitrogen and oxygen atoms in total. The van der Waals surface area contributed by atoms with Crippen molar-refractivity contribution in [2.45, 2.75) is 32.7 Å². The van der Waals surface area contributed by atoms with Crippen molar-refractivity contribution < 1.29 is 4.79 Å². The molecule has 0 saturated heterocycles. The van der Waals surface area contributed by atoms with Crippen molar-refractivity contribution in [2.75, 3.05) is 5.32 Å². The van der Waals surface area contributed by atoms with Crippen molar-refractivity contribution in [1.29, 1.82) is 0 Å². The van der Waals surface area contributed by atoms with Crippen LogP contribution in [0.15, 0.2) is 41.9 Å². The third-order valence-electron chi connectivity index (χ3n) is 4.55. The number of nitrogens with one attached hydrogen (secondary N) is 1. The van der Waals surface area contributed by atoms with Gasteiger partial charge in [-0.3, -0.25) is 4.79 Å². The molecule has 4 rings (SSSR count). The lowest BCUT2D eigenvalue weighted by atomic mass is 9.80. The maximum absolute atomic E-state index is 12.7. The number of ketones is 1. The van der Waals surface area contributed by atoms with Gasteiger partial charge in [-0.2, -0.15) is 10.1 Å². The lowest BCUT2D eigenvalue weighted by molar-refractivity contribution is -0.117. The number of hydrogen-bond donors (Lipinski definition) is 1. The van der Waals surface area contributed by atoms with Crippen molar-refractivity contribution in [3.05, 3.63) is 53.0 Å². The average Bonchev–Trinajstić information content (AvgIpc) is 2.93. The molecule has 0 spiro atoms. The zero-order valence-electron chi connectivity index (χ0n) is 12.7. The Kier molecular flexibility index (Phi) is 2.89. The molecule has 1 aromatic heterocycles. The SMILES string of the molecule is Cc1ccccc1[C@@H]1C2=C(C[C@@H](C)CC2=O)Nc2ncnn21. The Morgan fingerprint density at radius 3 is 2.91 bits per heavy atom. The molecule has 2 atom stereocenters. The zero-order valence-corrected chi connectivity index (χ0v) is 12.7. The highest BCUT2D eigenvalue weighted by Crippen LogP contribution is 2.41. The molecule has 0 fully saturated rings. The first-order valence-corrected chi connectivity index (χ1v) is 7.63. The van der Waals surface area contributed by atoms with Gasteiger partial charge in [0.05, 0.1) is 0 Å². The molecule has 1 aliphatic heterocycles. The maximum Gasteiger partial charge on any atom is 0.226 e. The van der Waals surface area contributed by atoms with Crippen molar-refractivity contribution in [2.24, 2.45) is 5.92 Å². The second kappa shape index (κ2) is 4.80. The molecule has 2 heterocycles. The molecule has 22 heavy (non-hydrogen) atoms. The molecule has 1 aromatic carbocycles. The molecule has 2 aromatic rings. The van der Waals surface area contributed by atoms with Gasteiger partial charge in [-0.15, -0.1) is 0 Å². The maximum atomic E-state index is 12.7. The molecule has 1 N–H and O–H groups in total. The van der Waals surface area contributed by atoms with Gasteiger partial charge in [0.2, 0.25) is 5.95 Å². The molecular weight excluding hydrogens is 276 g/mol. The number of anilines is 1. The van der Waals surface area contributed by atoms with E-state index in [1.807, 2.05) is 16.8 Å². The van der Waals surface area contributed by atoms with Gasteiger partial charge in [0, 0.05) is 17.7 Å². The fourth-order valence-corrected chi connectivity index (χ4v) is 3.53. The Bertz CT molecular complexity index is 789. The van der Waals surface area contributed by atoms with Crippen LogP contribution in [-0.4, -0.2) is 20.5 Å². The second-order valence-electron chi connectivity index (χ2n) is 6.24. The first-order valence-electron chi connectivity index (χ1n) is 7.63. The lowest BCUT2D eigenvalue weighted by Gasteiger charge is -2.34. The number of aryl methyl sites for hydroxylation is 1. The van der Waals surface area contributed by atoms with Gasteiger partial charge in [0.15, 0.2) is 5.78 Å². The monoisotopic (exact) mass is 294 g/mol. The normalized spacial score (nSPS) is 23.8. The zero-order chi connectivity index (χ0) is 15.3. The first-order chi connectivity index (χ1) is 10.6. The highest BCUT2D eigenvalue weighted by Gasteiger charge is 2.38. The van der Waals surface area contributed by atoms with Gasteiger partial charge in [0.25, 0.3) is 0 Å². The quantitative estimate of drug-likeness (QED) is 0.878. The summed E-state index contributed by atoms with van der Waals surface area (Å²) in [5, 5.41) is 7.66.